The van der Waals surface area contributed by atoms with Crippen LogP contribution in [-0.4, -0.2) is 39.1 Å². The molecular formula is C18H24N2O2. The minimum atomic E-state index is -0.823. The number of fused-ring (bicyclic) bond motifs is 1. The fourth-order valence-corrected chi connectivity index (χ4v) is 3.45. The van der Waals surface area contributed by atoms with E-state index >= 15 is 0 Å². The molecule has 1 aromatic carbocycles. The molecule has 1 amide bonds. The Morgan fingerprint density at radius 2 is 2.23 bits per heavy atom. The summed E-state index contributed by atoms with van der Waals surface area (Å²) in [5, 5.41) is 11.4. The van der Waals surface area contributed by atoms with Crippen LogP contribution in [0.3, 0.4) is 0 Å². The topological polar surface area (TPSA) is 56.3 Å². The van der Waals surface area contributed by atoms with E-state index in [2.05, 4.69) is 23.2 Å². The summed E-state index contributed by atoms with van der Waals surface area (Å²) in [7, 11) is 0. The molecule has 0 bridgehead atoms. The normalized spacial score (nSPS) is 19.0. The number of nitrogens with one attached hydrogen (secondary N) is 1. The minimum absolute atomic E-state index is 0.0489. The highest BCUT2D eigenvalue weighted by Gasteiger charge is 2.37. The second kappa shape index (κ2) is 5.76. The summed E-state index contributed by atoms with van der Waals surface area (Å²) >= 11 is 0. The van der Waals surface area contributed by atoms with E-state index in [0.29, 0.717) is 6.42 Å². The van der Waals surface area contributed by atoms with Gasteiger partial charge in [-0.25, -0.2) is 0 Å². The molecule has 1 aliphatic heterocycles. The number of nitrogens with zero attached hydrogens (tertiary/aromatic N) is 1. The van der Waals surface area contributed by atoms with Crippen LogP contribution in [0.4, 0.5) is 0 Å². The third-order valence-corrected chi connectivity index (χ3v) is 4.63. The molecule has 0 saturated carbocycles. The molecule has 0 spiro atoms. The van der Waals surface area contributed by atoms with Crippen LogP contribution in [0.2, 0.25) is 0 Å². The number of amides is 1. The number of aromatic amines is 1. The summed E-state index contributed by atoms with van der Waals surface area (Å²) in [6.45, 7) is 4.36. The maximum absolute atomic E-state index is 12.5. The van der Waals surface area contributed by atoms with Crippen LogP contribution in [0.1, 0.15) is 38.7 Å². The summed E-state index contributed by atoms with van der Waals surface area (Å²) in [4.78, 5) is 17.5. The molecule has 1 unspecified atom stereocenters. The van der Waals surface area contributed by atoms with Gasteiger partial charge in [0.15, 0.2) is 0 Å². The first-order valence-electron chi connectivity index (χ1n) is 8.03. The Morgan fingerprint density at radius 1 is 1.41 bits per heavy atom. The molecule has 4 heteroatoms. The van der Waals surface area contributed by atoms with Crippen molar-refractivity contribution in [2.24, 2.45) is 0 Å². The maximum atomic E-state index is 12.5. The Hall–Kier alpha value is -1.81. The van der Waals surface area contributed by atoms with E-state index in [4.69, 9.17) is 0 Å². The second-order valence-electron chi connectivity index (χ2n) is 6.80. The highest BCUT2D eigenvalue weighted by molar-refractivity contribution is 5.80. The van der Waals surface area contributed by atoms with Gasteiger partial charge in [-0.15, -0.1) is 0 Å². The van der Waals surface area contributed by atoms with Gasteiger partial charge < -0.3 is 15.0 Å². The summed E-state index contributed by atoms with van der Waals surface area (Å²) in [5.41, 5.74) is 1.48. The van der Waals surface area contributed by atoms with Gasteiger partial charge in [-0.1, -0.05) is 6.07 Å². The van der Waals surface area contributed by atoms with E-state index in [1.807, 2.05) is 17.2 Å². The number of likely N-dealkylation sites (tertiary alicyclic amines) is 1. The fourth-order valence-electron chi connectivity index (χ4n) is 3.45. The van der Waals surface area contributed by atoms with Gasteiger partial charge in [0, 0.05) is 24.7 Å². The van der Waals surface area contributed by atoms with Crippen LogP contribution >= 0.6 is 0 Å². The third-order valence-electron chi connectivity index (χ3n) is 4.63. The molecule has 118 valence electrons. The van der Waals surface area contributed by atoms with Crippen LogP contribution in [0.5, 0.6) is 0 Å². The van der Waals surface area contributed by atoms with Crippen molar-refractivity contribution < 1.29 is 9.90 Å². The Labute approximate surface area is 131 Å². The largest absolute Gasteiger partial charge is 0.388 e. The number of aromatic nitrogens is 1. The van der Waals surface area contributed by atoms with Crippen molar-refractivity contribution >= 4 is 16.8 Å². The number of aliphatic hydroxyl groups is 1. The van der Waals surface area contributed by atoms with E-state index in [1.165, 1.54) is 10.9 Å². The highest BCUT2D eigenvalue weighted by atomic mass is 16.3. The van der Waals surface area contributed by atoms with Gasteiger partial charge in [0.25, 0.3) is 0 Å². The monoisotopic (exact) mass is 300 g/mol. The number of rotatable bonds is 4. The van der Waals surface area contributed by atoms with Crippen LogP contribution in [-0.2, 0) is 11.2 Å². The van der Waals surface area contributed by atoms with Gasteiger partial charge in [0.05, 0.1) is 11.6 Å². The number of benzene rings is 1. The molecule has 1 atom stereocenters. The number of H-pyrrole nitrogens is 1. The third kappa shape index (κ3) is 3.02. The molecule has 1 saturated heterocycles. The Balaban J connectivity index is 1.64. The lowest BCUT2D eigenvalue weighted by atomic mass is 9.96. The molecule has 2 N–H and O–H groups in total. The zero-order valence-corrected chi connectivity index (χ0v) is 13.3. The predicted octanol–water partition coefficient (Wildman–Crippen LogP) is 2.86. The number of carbonyl (C=O) groups excluding carboxylic acids is 1. The summed E-state index contributed by atoms with van der Waals surface area (Å²) in [5.74, 6) is 0.152. The quantitative estimate of drug-likeness (QED) is 0.912. The summed E-state index contributed by atoms with van der Waals surface area (Å²) in [6, 6.07) is 8.27. The molecule has 2 heterocycles. The Morgan fingerprint density at radius 3 is 3.00 bits per heavy atom. The average molecular weight is 300 g/mol. The summed E-state index contributed by atoms with van der Waals surface area (Å²) in [6.07, 6.45) is 5.05. The molecule has 4 nitrogen and oxygen atoms in total. The van der Waals surface area contributed by atoms with Crippen molar-refractivity contribution in [3.8, 4) is 0 Å². The first kappa shape index (κ1) is 15.1. The predicted molar refractivity (Wildman–Crippen MR) is 87.7 cm³/mol. The van der Waals surface area contributed by atoms with Crippen LogP contribution < -0.4 is 0 Å². The zero-order valence-electron chi connectivity index (χ0n) is 13.3. The van der Waals surface area contributed by atoms with Gasteiger partial charge in [0.2, 0.25) is 5.91 Å². The molecule has 3 rings (SSSR count). The molecular weight excluding hydrogens is 276 g/mol. The highest BCUT2D eigenvalue weighted by Crippen LogP contribution is 2.27. The van der Waals surface area contributed by atoms with Crippen molar-refractivity contribution in [2.75, 3.05) is 6.54 Å². The Bertz CT molecular complexity index is 669. The smallest absolute Gasteiger partial charge is 0.223 e. The zero-order chi connectivity index (χ0) is 15.7. The van der Waals surface area contributed by atoms with Crippen molar-refractivity contribution in [1.82, 2.24) is 9.88 Å². The van der Waals surface area contributed by atoms with E-state index in [0.717, 1.165) is 31.3 Å². The molecule has 1 aromatic heterocycles. The molecule has 0 radical (unpaired) electrons. The van der Waals surface area contributed by atoms with Gasteiger partial charge in [0.1, 0.15) is 0 Å². The Kier molecular flexibility index (Phi) is 3.96. The van der Waals surface area contributed by atoms with Crippen molar-refractivity contribution in [3.05, 3.63) is 36.0 Å². The van der Waals surface area contributed by atoms with Crippen molar-refractivity contribution in [1.29, 1.82) is 0 Å². The lowest BCUT2D eigenvalue weighted by Gasteiger charge is -2.33. The molecule has 2 aromatic rings. The molecule has 1 fully saturated rings. The van der Waals surface area contributed by atoms with E-state index in [1.54, 1.807) is 13.8 Å². The summed E-state index contributed by atoms with van der Waals surface area (Å²) < 4.78 is 0. The van der Waals surface area contributed by atoms with Crippen molar-refractivity contribution in [3.63, 3.8) is 0 Å². The number of hydrogen-bond acceptors (Lipinski definition) is 2. The van der Waals surface area contributed by atoms with Crippen LogP contribution in [0.15, 0.2) is 30.5 Å². The fraction of sp³-hybridized carbons (Fsp3) is 0.500. The van der Waals surface area contributed by atoms with Crippen LogP contribution in [0.25, 0.3) is 10.9 Å². The molecule has 22 heavy (non-hydrogen) atoms. The number of carbonyl (C=O) groups is 1. The van der Waals surface area contributed by atoms with Gasteiger partial charge >= 0.3 is 0 Å². The molecule has 0 aliphatic carbocycles. The standard InChI is InChI=1S/C18H24N2O2/c1-18(2,22)16-4-3-11-20(16)17(21)8-6-13-5-7-15-14(12-13)9-10-19-15/h5,7,9-10,12,16,19,22H,3-4,6,8,11H2,1-2H3. The van der Waals surface area contributed by atoms with Crippen LogP contribution in [0, 0.1) is 0 Å². The number of hydrogen-bond donors (Lipinski definition) is 2. The van der Waals surface area contributed by atoms with Crippen molar-refractivity contribution in [2.45, 2.75) is 51.2 Å². The number of aryl methyl sites for hydroxylation is 1. The minimum Gasteiger partial charge on any atom is -0.388 e. The molecule has 1 aliphatic rings. The maximum Gasteiger partial charge on any atom is 0.223 e. The first-order chi connectivity index (χ1) is 10.4. The first-order valence-corrected chi connectivity index (χ1v) is 8.03. The van der Waals surface area contributed by atoms with E-state index in [-0.39, 0.29) is 11.9 Å². The van der Waals surface area contributed by atoms with E-state index < -0.39 is 5.60 Å². The second-order valence-corrected chi connectivity index (χ2v) is 6.80. The van der Waals surface area contributed by atoms with Gasteiger partial charge in [-0.05, 0) is 62.3 Å². The lowest BCUT2D eigenvalue weighted by Crippen LogP contribution is -2.48. The van der Waals surface area contributed by atoms with Gasteiger partial charge in [-0.2, -0.15) is 0 Å². The van der Waals surface area contributed by atoms with E-state index in [9.17, 15) is 9.90 Å². The average Bonchev–Trinajstić information content (AvgIpc) is 3.12. The van der Waals surface area contributed by atoms with Gasteiger partial charge in [-0.3, -0.25) is 4.79 Å². The lowest BCUT2D eigenvalue weighted by molar-refractivity contribution is -0.136. The SMILES string of the molecule is CC(C)(O)C1CCCN1C(=O)CCc1ccc2[nH]ccc2c1.